The molecule has 104 valence electrons. The molecule has 1 aromatic carbocycles. The van der Waals surface area contributed by atoms with Gasteiger partial charge in [-0.3, -0.25) is 10.2 Å². The first-order chi connectivity index (χ1) is 9.06. The SMILES string of the molecule is CCOC(=O)N[C@@H](Cc1ccc(O)cc1)C(=O)NN. The van der Waals surface area contributed by atoms with Crippen molar-refractivity contribution < 1.29 is 19.4 Å². The normalized spacial score (nSPS) is 11.5. The second-order valence-electron chi connectivity index (χ2n) is 3.80. The zero-order valence-corrected chi connectivity index (χ0v) is 10.6. The van der Waals surface area contributed by atoms with Crippen LogP contribution in [-0.2, 0) is 16.0 Å². The lowest BCUT2D eigenvalue weighted by molar-refractivity contribution is -0.123. The van der Waals surface area contributed by atoms with E-state index in [0.29, 0.717) is 0 Å². The topological polar surface area (TPSA) is 114 Å². The number of phenols is 1. The van der Waals surface area contributed by atoms with Crippen LogP contribution in [0.2, 0.25) is 0 Å². The van der Waals surface area contributed by atoms with Crippen molar-refractivity contribution >= 4 is 12.0 Å². The summed E-state index contributed by atoms with van der Waals surface area (Å²) in [5.74, 6) is 4.67. The molecule has 0 radical (unpaired) electrons. The van der Waals surface area contributed by atoms with Crippen molar-refractivity contribution in [3.63, 3.8) is 0 Å². The number of carbonyl (C=O) groups is 2. The van der Waals surface area contributed by atoms with Crippen LogP contribution in [0.25, 0.3) is 0 Å². The number of aromatic hydroxyl groups is 1. The largest absolute Gasteiger partial charge is 0.508 e. The Morgan fingerprint density at radius 1 is 1.37 bits per heavy atom. The smallest absolute Gasteiger partial charge is 0.407 e. The third-order valence-corrected chi connectivity index (χ3v) is 2.40. The van der Waals surface area contributed by atoms with Gasteiger partial charge in [-0.2, -0.15) is 0 Å². The summed E-state index contributed by atoms with van der Waals surface area (Å²) >= 11 is 0. The van der Waals surface area contributed by atoms with Crippen LogP contribution in [-0.4, -0.2) is 29.8 Å². The summed E-state index contributed by atoms with van der Waals surface area (Å²) in [4.78, 5) is 22.9. The standard InChI is InChI=1S/C12H17N3O4/c1-2-19-12(18)14-10(11(17)15-13)7-8-3-5-9(16)6-4-8/h3-6,10,16H,2,7,13H2,1H3,(H,14,18)(H,15,17)/t10-/m0/s1. The van der Waals surface area contributed by atoms with E-state index in [2.05, 4.69) is 5.32 Å². The van der Waals surface area contributed by atoms with Crippen molar-refractivity contribution in [1.29, 1.82) is 0 Å². The third-order valence-electron chi connectivity index (χ3n) is 2.40. The minimum atomic E-state index is -0.839. The van der Waals surface area contributed by atoms with Gasteiger partial charge in [0.2, 0.25) is 0 Å². The molecular formula is C12H17N3O4. The number of nitrogens with one attached hydrogen (secondary N) is 2. The number of phenolic OH excluding ortho intramolecular Hbond substituents is 1. The fourth-order valence-electron chi connectivity index (χ4n) is 1.49. The molecule has 1 atom stereocenters. The molecule has 5 N–H and O–H groups in total. The fourth-order valence-corrected chi connectivity index (χ4v) is 1.49. The molecule has 0 aliphatic carbocycles. The first-order valence-electron chi connectivity index (χ1n) is 5.78. The Labute approximate surface area is 110 Å². The summed E-state index contributed by atoms with van der Waals surface area (Å²) in [6.07, 6.45) is -0.447. The van der Waals surface area contributed by atoms with E-state index in [1.807, 2.05) is 5.43 Å². The second-order valence-corrected chi connectivity index (χ2v) is 3.80. The Morgan fingerprint density at radius 3 is 2.53 bits per heavy atom. The van der Waals surface area contributed by atoms with Gasteiger partial charge >= 0.3 is 6.09 Å². The Bertz CT molecular complexity index is 433. The number of rotatable bonds is 5. The predicted octanol–water partition coefficient (Wildman–Crippen LogP) is 0.0393. The molecule has 0 aliphatic heterocycles. The van der Waals surface area contributed by atoms with Crippen LogP contribution in [0.5, 0.6) is 5.75 Å². The molecule has 7 nitrogen and oxygen atoms in total. The number of ether oxygens (including phenoxy) is 1. The average Bonchev–Trinajstić information content (AvgIpc) is 2.40. The second kappa shape index (κ2) is 7.22. The minimum absolute atomic E-state index is 0.127. The van der Waals surface area contributed by atoms with Gasteiger partial charge in [0.05, 0.1) is 6.61 Å². The number of benzene rings is 1. The summed E-state index contributed by atoms with van der Waals surface area (Å²) in [5, 5.41) is 11.6. The molecule has 0 bridgehead atoms. The Morgan fingerprint density at radius 2 is 2.00 bits per heavy atom. The van der Waals surface area contributed by atoms with Crippen LogP contribution >= 0.6 is 0 Å². The van der Waals surface area contributed by atoms with Crippen molar-refractivity contribution in [1.82, 2.24) is 10.7 Å². The maximum absolute atomic E-state index is 11.6. The lowest BCUT2D eigenvalue weighted by Gasteiger charge is -2.16. The molecule has 19 heavy (non-hydrogen) atoms. The lowest BCUT2D eigenvalue weighted by Crippen LogP contribution is -2.50. The maximum atomic E-state index is 11.6. The van der Waals surface area contributed by atoms with Crippen LogP contribution in [0, 0.1) is 0 Å². The van der Waals surface area contributed by atoms with Gasteiger partial charge < -0.3 is 15.2 Å². The molecule has 0 saturated heterocycles. The van der Waals surface area contributed by atoms with Crippen molar-refractivity contribution in [2.75, 3.05) is 6.61 Å². The van der Waals surface area contributed by atoms with Crippen molar-refractivity contribution in [2.24, 2.45) is 5.84 Å². The summed E-state index contributed by atoms with van der Waals surface area (Å²) in [7, 11) is 0. The Kier molecular flexibility index (Phi) is 5.62. The highest BCUT2D eigenvalue weighted by Crippen LogP contribution is 2.11. The molecule has 0 aliphatic rings. The minimum Gasteiger partial charge on any atom is -0.508 e. The molecule has 7 heteroatoms. The number of amides is 2. The van der Waals surface area contributed by atoms with Crippen molar-refractivity contribution in [3.8, 4) is 5.75 Å². The van der Waals surface area contributed by atoms with E-state index in [1.54, 1.807) is 19.1 Å². The van der Waals surface area contributed by atoms with E-state index >= 15 is 0 Å². The van der Waals surface area contributed by atoms with Crippen LogP contribution in [0.1, 0.15) is 12.5 Å². The summed E-state index contributed by atoms with van der Waals surface area (Å²) in [5.41, 5.74) is 2.75. The number of nitrogens with two attached hydrogens (primary N) is 1. The van der Waals surface area contributed by atoms with Crippen LogP contribution < -0.4 is 16.6 Å². The molecule has 0 unspecified atom stereocenters. The van der Waals surface area contributed by atoms with Gasteiger partial charge in [-0.05, 0) is 24.6 Å². The summed E-state index contributed by atoms with van der Waals surface area (Å²) in [6.45, 7) is 1.87. The Balaban J connectivity index is 2.71. The maximum Gasteiger partial charge on any atom is 0.407 e. The van der Waals surface area contributed by atoms with Gasteiger partial charge in [-0.25, -0.2) is 10.6 Å². The molecule has 1 rings (SSSR count). The van der Waals surface area contributed by atoms with E-state index in [-0.39, 0.29) is 18.8 Å². The molecule has 0 fully saturated rings. The molecular weight excluding hydrogens is 250 g/mol. The van der Waals surface area contributed by atoms with E-state index < -0.39 is 18.0 Å². The summed E-state index contributed by atoms with van der Waals surface area (Å²) in [6, 6.07) is 5.46. The highest BCUT2D eigenvalue weighted by molar-refractivity contribution is 5.85. The van der Waals surface area contributed by atoms with Crippen LogP contribution in [0.3, 0.4) is 0 Å². The molecule has 0 saturated carbocycles. The number of hydrogen-bond acceptors (Lipinski definition) is 5. The highest BCUT2D eigenvalue weighted by Gasteiger charge is 2.20. The van der Waals surface area contributed by atoms with Gasteiger partial charge in [0.25, 0.3) is 5.91 Å². The van der Waals surface area contributed by atoms with Gasteiger partial charge in [0.1, 0.15) is 11.8 Å². The first kappa shape index (κ1) is 14.8. The zero-order chi connectivity index (χ0) is 14.3. The molecule has 1 aromatic rings. The van der Waals surface area contributed by atoms with E-state index in [0.717, 1.165) is 5.56 Å². The number of hydrazine groups is 1. The quantitative estimate of drug-likeness (QED) is 0.342. The number of hydrogen-bond donors (Lipinski definition) is 4. The Hall–Kier alpha value is -2.28. The average molecular weight is 267 g/mol. The molecule has 0 spiro atoms. The zero-order valence-electron chi connectivity index (χ0n) is 10.6. The molecule has 0 heterocycles. The van der Waals surface area contributed by atoms with Gasteiger partial charge in [-0.1, -0.05) is 12.1 Å². The molecule has 2 amide bonds. The monoisotopic (exact) mass is 267 g/mol. The van der Waals surface area contributed by atoms with Gasteiger partial charge in [-0.15, -0.1) is 0 Å². The number of alkyl carbamates (subject to hydrolysis) is 1. The van der Waals surface area contributed by atoms with E-state index in [9.17, 15) is 14.7 Å². The third kappa shape index (κ3) is 4.84. The highest BCUT2D eigenvalue weighted by atomic mass is 16.5. The summed E-state index contributed by atoms with van der Waals surface area (Å²) < 4.78 is 4.71. The molecule has 0 aromatic heterocycles. The fraction of sp³-hybridized carbons (Fsp3) is 0.333. The van der Waals surface area contributed by atoms with Crippen LogP contribution in [0.15, 0.2) is 24.3 Å². The van der Waals surface area contributed by atoms with Crippen molar-refractivity contribution in [2.45, 2.75) is 19.4 Å². The van der Waals surface area contributed by atoms with Gasteiger partial charge in [0.15, 0.2) is 0 Å². The van der Waals surface area contributed by atoms with E-state index in [4.69, 9.17) is 10.6 Å². The van der Waals surface area contributed by atoms with E-state index in [1.165, 1.54) is 12.1 Å². The van der Waals surface area contributed by atoms with Crippen LogP contribution in [0.4, 0.5) is 4.79 Å². The van der Waals surface area contributed by atoms with Gasteiger partial charge in [0, 0.05) is 6.42 Å². The predicted molar refractivity (Wildman–Crippen MR) is 68.1 cm³/mol. The number of carbonyl (C=O) groups excluding carboxylic acids is 2. The van der Waals surface area contributed by atoms with Crippen molar-refractivity contribution in [3.05, 3.63) is 29.8 Å². The lowest BCUT2D eigenvalue weighted by atomic mass is 10.1. The first-order valence-corrected chi connectivity index (χ1v) is 5.78.